The molecule has 6 heteroatoms. The number of carbonyl (C=O) groups excluding carboxylic acids is 1. The van der Waals surface area contributed by atoms with Crippen LogP contribution in [0.15, 0.2) is 30.3 Å². The van der Waals surface area contributed by atoms with Gasteiger partial charge in [-0.2, -0.15) is 0 Å². The van der Waals surface area contributed by atoms with E-state index < -0.39 is 0 Å². The van der Waals surface area contributed by atoms with Crippen molar-refractivity contribution in [2.75, 3.05) is 13.6 Å². The van der Waals surface area contributed by atoms with E-state index >= 15 is 0 Å². The zero-order chi connectivity index (χ0) is 15.6. The minimum Gasteiger partial charge on any atom is -0.337 e. The molecule has 2 rings (SSSR count). The topological polar surface area (TPSA) is 46.3 Å². The number of nitrogens with two attached hydrogens (primary N) is 1. The first kappa shape index (κ1) is 18.6. The first-order valence-corrected chi connectivity index (χ1v) is 7.59. The maximum absolute atomic E-state index is 13.0. The second kappa shape index (κ2) is 7.72. The Morgan fingerprint density at radius 2 is 1.95 bits per heavy atom. The highest BCUT2D eigenvalue weighted by Crippen LogP contribution is 2.31. The number of amides is 1. The van der Waals surface area contributed by atoms with Crippen molar-refractivity contribution in [3.63, 3.8) is 0 Å². The molecular weight excluding hydrogens is 323 g/mol. The van der Waals surface area contributed by atoms with Gasteiger partial charge in [-0.15, -0.1) is 23.7 Å². The number of thiophene rings is 1. The Morgan fingerprint density at radius 3 is 2.50 bits per heavy atom. The Morgan fingerprint density at radius 1 is 1.36 bits per heavy atom. The predicted molar refractivity (Wildman–Crippen MR) is 92.3 cm³/mol. The van der Waals surface area contributed by atoms with Gasteiger partial charge in [-0.25, -0.2) is 4.39 Å². The molecule has 22 heavy (non-hydrogen) atoms. The van der Waals surface area contributed by atoms with E-state index in [2.05, 4.69) is 0 Å². The third kappa shape index (κ3) is 3.85. The average molecular weight is 343 g/mol. The Bertz CT molecular complexity index is 642. The minimum atomic E-state index is -0.264. The zero-order valence-electron chi connectivity index (χ0n) is 12.8. The van der Waals surface area contributed by atoms with E-state index in [1.165, 1.54) is 23.5 Å². The molecule has 1 aromatic heterocycles. The number of halogens is 2. The molecule has 0 aliphatic rings. The van der Waals surface area contributed by atoms with Gasteiger partial charge in [0.05, 0.1) is 4.88 Å². The van der Waals surface area contributed by atoms with Gasteiger partial charge >= 0.3 is 0 Å². The lowest BCUT2D eigenvalue weighted by atomic mass is 10.1. The van der Waals surface area contributed by atoms with Gasteiger partial charge in [-0.1, -0.05) is 12.1 Å². The van der Waals surface area contributed by atoms with Crippen molar-refractivity contribution in [1.29, 1.82) is 0 Å². The molecule has 1 heterocycles. The molecule has 0 aliphatic heterocycles. The lowest BCUT2D eigenvalue weighted by Gasteiger charge is -2.22. The van der Waals surface area contributed by atoms with E-state index in [1.54, 1.807) is 24.1 Å². The molecule has 0 radical (unpaired) electrons. The van der Waals surface area contributed by atoms with Crippen LogP contribution < -0.4 is 5.73 Å². The number of rotatable bonds is 4. The smallest absolute Gasteiger partial charge is 0.263 e. The van der Waals surface area contributed by atoms with Gasteiger partial charge < -0.3 is 10.6 Å². The maximum atomic E-state index is 13.0. The summed E-state index contributed by atoms with van der Waals surface area (Å²) in [5.41, 5.74) is 7.49. The van der Waals surface area contributed by atoms with Crippen LogP contribution in [0, 0.1) is 12.7 Å². The Labute approximate surface area is 140 Å². The van der Waals surface area contributed by atoms with Crippen LogP contribution in [0.4, 0.5) is 4.39 Å². The minimum absolute atomic E-state index is 0. The second-order valence-corrected chi connectivity index (χ2v) is 6.34. The van der Waals surface area contributed by atoms with Crippen molar-refractivity contribution < 1.29 is 9.18 Å². The molecule has 0 saturated carbocycles. The lowest BCUT2D eigenvalue weighted by Crippen LogP contribution is -2.39. The van der Waals surface area contributed by atoms with E-state index in [9.17, 15) is 9.18 Å². The monoisotopic (exact) mass is 342 g/mol. The SMILES string of the molecule is Cc1sc(C(=O)N(C)C(C)CN)cc1-c1ccc(F)cc1.Cl. The molecule has 1 unspecified atom stereocenters. The summed E-state index contributed by atoms with van der Waals surface area (Å²) in [6.45, 7) is 4.31. The molecule has 120 valence electrons. The summed E-state index contributed by atoms with van der Waals surface area (Å²) in [5, 5.41) is 0. The fourth-order valence-electron chi connectivity index (χ4n) is 2.04. The summed E-state index contributed by atoms with van der Waals surface area (Å²) in [5.74, 6) is -0.297. The molecule has 1 atom stereocenters. The van der Waals surface area contributed by atoms with Crippen molar-refractivity contribution in [2.45, 2.75) is 19.9 Å². The van der Waals surface area contributed by atoms with Gasteiger partial charge in [0.25, 0.3) is 5.91 Å². The number of hydrogen-bond acceptors (Lipinski definition) is 3. The van der Waals surface area contributed by atoms with Crippen LogP contribution >= 0.6 is 23.7 Å². The van der Waals surface area contributed by atoms with Crippen LogP contribution in [-0.4, -0.2) is 30.4 Å². The third-order valence-corrected chi connectivity index (χ3v) is 4.64. The van der Waals surface area contributed by atoms with Crippen molar-refractivity contribution in [3.8, 4) is 11.1 Å². The van der Waals surface area contributed by atoms with Crippen molar-refractivity contribution in [1.82, 2.24) is 4.90 Å². The Hall–Kier alpha value is -1.43. The maximum Gasteiger partial charge on any atom is 0.263 e. The molecule has 1 amide bonds. The summed E-state index contributed by atoms with van der Waals surface area (Å²) < 4.78 is 13.0. The number of aryl methyl sites for hydroxylation is 1. The number of carbonyl (C=O) groups is 1. The quantitative estimate of drug-likeness (QED) is 0.920. The summed E-state index contributed by atoms with van der Waals surface area (Å²) in [6, 6.07) is 8.17. The first-order chi connectivity index (χ1) is 9.93. The summed E-state index contributed by atoms with van der Waals surface area (Å²) in [7, 11) is 1.76. The molecule has 2 aromatic rings. The van der Waals surface area contributed by atoms with Crippen LogP contribution in [0.1, 0.15) is 21.5 Å². The zero-order valence-corrected chi connectivity index (χ0v) is 14.4. The normalized spacial score (nSPS) is 11.7. The molecular formula is C16H20ClFN2OS. The molecule has 2 N–H and O–H groups in total. The highest BCUT2D eigenvalue weighted by Gasteiger charge is 2.20. The number of hydrogen-bond donors (Lipinski definition) is 1. The van der Waals surface area contributed by atoms with Crippen molar-refractivity contribution >= 4 is 29.7 Å². The van der Waals surface area contributed by atoms with Crippen LogP contribution in [0.5, 0.6) is 0 Å². The molecule has 1 aromatic carbocycles. The Kier molecular flexibility index (Phi) is 6.53. The van der Waals surface area contributed by atoms with Crippen LogP contribution in [0.25, 0.3) is 11.1 Å². The van der Waals surface area contributed by atoms with Gasteiger partial charge in [-0.3, -0.25) is 4.79 Å². The molecule has 0 bridgehead atoms. The van der Waals surface area contributed by atoms with Gasteiger partial charge in [0.2, 0.25) is 0 Å². The van der Waals surface area contributed by atoms with Crippen LogP contribution in [-0.2, 0) is 0 Å². The van der Waals surface area contributed by atoms with Gasteiger partial charge in [0, 0.05) is 24.5 Å². The highest BCUT2D eigenvalue weighted by molar-refractivity contribution is 7.14. The largest absolute Gasteiger partial charge is 0.337 e. The molecule has 0 aliphatic carbocycles. The van der Waals surface area contributed by atoms with Gasteiger partial charge in [0.15, 0.2) is 0 Å². The second-order valence-electron chi connectivity index (χ2n) is 5.09. The van der Waals surface area contributed by atoms with Crippen LogP contribution in [0.3, 0.4) is 0 Å². The lowest BCUT2D eigenvalue weighted by molar-refractivity contribution is 0.0753. The number of benzene rings is 1. The summed E-state index contributed by atoms with van der Waals surface area (Å²) >= 11 is 1.45. The van der Waals surface area contributed by atoms with E-state index in [-0.39, 0.29) is 30.2 Å². The van der Waals surface area contributed by atoms with Crippen molar-refractivity contribution in [3.05, 3.63) is 45.9 Å². The standard InChI is InChI=1S/C16H19FN2OS.ClH/c1-10(9-18)19(3)16(20)15-8-14(11(2)21-15)12-4-6-13(17)7-5-12;/h4-8,10H,9,18H2,1-3H3;1H. The van der Waals surface area contributed by atoms with E-state index in [1.807, 2.05) is 19.9 Å². The summed E-state index contributed by atoms with van der Waals surface area (Å²) in [4.78, 5) is 15.8. The average Bonchev–Trinajstić information content (AvgIpc) is 2.87. The summed E-state index contributed by atoms with van der Waals surface area (Å²) in [6.07, 6.45) is 0. The fourth-order valence-corrected chi connectivity index (χ4v) is 3.06. The van der Waals surface area contributed by atoms with Gasteiger partial charge in [-0.05, 0) is 43.2 Å². The van der Waals surface area contributed by atoms with E-state index in [0.29, 0.717) is 11.4 Å². The number of nitrogens with zero attached hydrogens (tertiary/aromatic N) is 1. The first-order valence-electron chi connectivity index (χ1n) is 6.77. The predicted octanol–water partition coefficient (Wildman–Crippen LogP) is 3.70. The van der Waals surface area contributed by atoms with Crippen molar-refractivity contribution in [2.24, 2.45) is 5.73 Å². The Balaban J connectivity index is 0.00000242. The van der Waals surface area contributed by atoms with Crippen LogP contribution in [0.2, 0.25) is 0 Å². The molecule has 3 nitrogen and oxygen atoms in total. The third-order valence-electron chi connectivity index (χ3n) is 3.61. The fraction of sp³-hybridized carbons (Fsp3) is 0.312. The molecule has 0 saturated heterocycles. The molecule has 0 fully saturated rings. The number of likely N-dealkylation sites (N-methyl/N-ethyl adjacent to an activating group) is 1. The highest BCUT2D eigenvalue weighted by atomic mass is 35.5. The van der Waals surface area contributed by atoms with E-state index in [4.69, 9.17) is 5.73 Å². The van der Waals surface area contributed by atoms with E-state index in [0.717, 1.165) is 16.0 Å². The molecule has 0 spiro atoms. The van der Waals surface area contributed by atoms with Gasteiger partial charge in [0.1, 0.15) is 5.82 Å².